The van der Waals surface area contributed by atoms with E-state index in [1.807, 2.05) is 12.1 Å². The van der Waals surface area contributed by atoms with Crippen molar-refractivity contribution in [1.82, 2.24) is 10.2 Å². The van der Waals surface area contributed by atoms with Crippen molar-refractivity contribution in [2.24, 2.45) is 0 Å². The van der Waals surface area contributed by atoms with E-state index >= 15 is 0 Å². The minimum absolute atomic E-state index is 0.0630. The quantitative estimate of drug-likeness (QED) is 0.828. The van der Waals surface area contributed by atoms with Crippen molar-refractivity contribution in [3.63, 3.8) is 0 Å². The van der Waals surface area contributed by atoms with Crippen LogP contribution in [0.5, 0.6) is 0 Å². The van der Waals surface area contributed by atoms with Gasteiger partial charge < -0.3 is 15.0 Å². The Morgan fingerprint density at radius 1 is 1.15 bits per heavy atom. The number of nitrogens with zero attached hydrogens (tertiary/aromatic N) is 1. The molecule has 3 rings (SSSR count). The van der Waals surface area contributed by atoms with Gasteiger partial charge in [-0.25, -0.2) is 0 Å². The zero-order valence-corrected chi connectivity index (χ0v) is 15.7. The molecule has 4 nitrogen and oxygen atoms in total. The van der Waals surface area contributed by atoms with E-state index in [0.29, 0.717) is 13.0 Å². The molecule has 138 valence electrons. The molecule has 1 atom stereocenters. The first-order valence-corrected chi connectivity index (χ1v) is 9.32. The lowest BCUT2D eigenvalue weighted by molar-refractivity contribution is -0.123. The third-order valence-corrected chi connectivity index (χ3v) is 4.69. The Hall–Kier alpha value is -2.17. The van der Waals surface area contributed by atoms with E-state index in [4.69, 9.17) is 4.74 Å². The molecule has 26 heavy (non-hydrogen) atoms. The monoisotopic (exact) mass is 352 g/mol. The molecule has 0 saturated carbocycles. The van der Waals surface area contributed by atoms with Gasteiger partial charge in [0.15, 0.2) is 0 Å². The topological polar surface area (TPSA) is 41.6 Å². The van der Waals surface area contributed by atoms with E-state index in [0.717, 1.165) is 31.6 Å². The summed E-state index contributed by atoms with van der Waals surface area (Å²) in [5.74, 6) is 0.0630. The van der Waals surface area contributed by atoms with Gasteiger partial charge >= 0.3 is 0 Å². The number of nitrogens with one attached hydrogen (secondary N) is 1. The Labute approximate surface area is 156 Å². The van der Waals surface area contributed by atoms with Crippen molar-refractivity contribution in [2.45, 2.75) is 38.5 Å². The van der Waals surface area contributed by atoms with Crippen LogP contribution in [0.25, 0.3) is 11.1 Å². The largest absolute Gasteiger partial charge is 0.378 e. The average Bonchev–Trinajstić information content (AvgIpc) is 3.13. The molecule has 1 heterocycles. The maximum atomic E-state index is 12.2. The predicted octanol–water partition coefficient (Wildman–Crippen LogP) is 3.60. The summed E-state index contributed by atoms with van der Waals surface area (Å²) in [5.41, 5.74) is 4.77. The van der Waals surface area contributed by atoms with Gasteiger partial charge in [-0.3, -0.25) is 4.79 Å². The van der Waals surface area contributed by atoms with Crippen LogP contribution >= 0.6 is 0 Å². The van der Waals surface area contributed by atoms with Gasteiger partial charge in [-0.15, -0.1) is 0 Å². The van der Waals surface area contributed by atoms with Crippen molar-refractivity contribution in [2.75, 3.05) is 20.7 Å². The summed E-state index contributed by atoms with van der Waals surface area (Å²) in [7, 11) is 4.14. The number of carbonyl (C=O) groups excluding carboxylic acids is 1. The van der Waals surface area contributed by atoms with Crippen molar-refractivity contribution in [1.29, 1.82) is 0 Å². The Morgan fingerprint density at radius 3 is 2.62 bits per heavy atom. The second-order valence-corrected chi connectivity index (χ2v) is 7.21. The van der Waals surface area contributed by atoms with Crippen LogP contribution in [0, 0.1) is 0 Å². The summed E-state index contributed by atoms with van der Waals surface area (Å²) in [6.07, 6.45) is 2.60. The lowest BCUT2D eigenvalue weighted by atomic mass is 9.98. The van der Waals surface area contributed by atoms with Gasteiger partial charge in [-0.2, -0.15) is 0 Å². The fourth-order valence-electron chi connectivity index (χ4n) is 3.39. The first-order valence-electron chi connectivity index (χ1n) is 9.32. The average molecular weight is 352 g/mol. The molecule has 0 radical (unpaired) electrons. The van der Waals surface area contributed by atoms with Crippen LogP contribution in [-0.4, -0.2) is 37.6 Å². The van der Waals surface area contributed by atoms with Crippen molar-refractivity contribution in [3.8, 4) is 11.1 Å². The highest BCUT2D eigenvalue weighted by atomic mass is 16.5. The highest BCUT2D eigenvalue weighted by Crippen LogP contribution is 2.24. The van der Waals surface area contributed by atoms with Gasteiger partial charge in [0, 0.05) is 19.7 Å². The molecule has 1 amide bonds. The van der Waals surface area contributed by atoms with Crippen LogP contribution in [0.4, 0.5) is 0 Å². The predicted molar refractivity (Wildman–Crippen MR) is 105 cm³/mol. The fourth-order valence-corrected chi connectivity index (χ4v) is 3.39. The molecular formula is C22H28N2O2. The van der Waals surface area contributed by atoms with Gasteiger partial charge in [-0.1, -0.05) is 48.5 Å². The number of carbonyl (C=O) groups is 1. The van der Waals surface area contributed by atoms with Gasteiger partial charge in [0.05, 0.1) is 12.5 Å². The second kappa shape index (κ2) is 8.97. The summed E-state index contributed by atoms with van der Waals surface area (Å²) < 4.78 is 5.54. The summed E-state index contributed by atoms with van der Waals surface area (Å²) in [5, 5.41) is 3.05. The first-order chi connectivity index (χ1) is 12.6. The molecule has 0 bridgehead atoms. The number of ether oxygens (including phenoxy) is 1. The molecule has 1 fully saturated rings. The van der Waals surface area contributed by atoms with Gasteiger partial charge in [0.2, 0.25) is 5.91 Å². The molecule has 1 unspecified atom stereocenters. The molecule has 0 aliphatic carbocycles. The number of benzene rings is 2. The van der Waals surface area contributed by atoms with E-state index in [1.165, 1.54) is 16.7 Å². The van der Waals surface area contributed by atoms with Crippen LogP contribution < -0.4 is 5.32 Å². The summed E-state index contributed by atoms with van der Waals surface area (Å²) in [6, 6.07) is 16.9. The SMILES string of the molecule is CN(C)Cc1ccc(-c2ccccc2CNC(=O)CC2CCCO2)cc1. The van der Waals surface area contributed by atoms with Crippen molar-refractivity contribution >= 4 is 5.91 Å². The molecule has 0 spiro atoms. The Morgan fingerprint density at radius 2 is 1.92 bits per heavy atom. The van der Waals surface area contributed by atoms with Crippen LogP contribution in [0.15, 0.2) is 48.5 Å². The van der Waals surface area contributed by atoms with E-state index < -0.39 is 0 Å². The smallest absolute Gasteiger partial charge is 0.222 e. The lowest BCUT2D eigenvalue weighted by Crippen LogP contribution is -2.27. The fraction of sp³-hybridized carbons (Fsp3) is 0.409. The molecule has 2 aromatic carbocycles. The van der Waals surface area contributed by atoms with Crippen molar-refractivity contribution < 1.29 is 9.53 Å². The van der Waals surface area contributed by atoms with Crippen molar-refractivity contribution in [3.05, 3.63) is 59.7 Å². The summed E-state index contributed by atoms with van der Waals surface area (Å²) in [4.78, 5) is 14.3. The van der Waals surface area contributed by atoms with Crippen LogP contribution in [0.2, 0.25) is 0 Å². The molecule has 1 aliphatic rings. The number of rotatable bonds is 7. The van der Waals surface area contributed by atoms with E-state index in [2.05, 4.69) is 60.7 Å². The number of hydrogen-bond donors (Lipinski definition) is 1. The molecular weight excluding hydrogens is 324 g/mol. The van der Waals surface area contributed by atoms with E-state index in [9.17, 15) is 4.79 Å². The Balaban J connectivity index is 1.64. The van der Waals surface area contributed by atoms with E-state index in [1.54, 1.807) is 0 Å². The molecule has 2 aromatic rings. The van der Waals surface area contributed by atoms with Gasteiger partial charge in [-0.05, 0) is 49.2 Å². The van der Waals surface area contributed by atoms with Crippen LogP contribution in [0.1, 0.15) is 30.4 Å². The minimum atomic E-state index is 0.0630. The standard InChI is InChI=1S/C22H28N2O2/c1-24(2)16-17-9-11-18(12-10-17)21-8-4-3-6-19(21)15-23-22(25)14-20-7-5-13-26-20/h3-4,6,8-12,20H,5,7,13-16H2,1-2H3,(H,23,25). The zero-order valence-electron chi connectivity index (χ0n) is 15.7. The van der Waals surface area contributed by atoms with Crippen LogP contribution in [0.3, 0.4) is 0 Å². The maximum Gasteiger partial charge on any atom is 0.222 e. The zero-order chi connectivity index (χ0) is 18.4. The highest BCUT2D eigenvalue weighted by Gasteiger charge is 2.19. The first kappa shape index (κ1) is 18.6. The highest BCUT2D eigenvalue weighted by molar-refractivity contribution is 5.77. The summed E-state index contributed by atoms with van der Waals surface area (Å²) >= 11 is 0. The van der Waals surface area contributed by atoms with E-state index in [-0.39, 0.29) is 12.0 Å². The molecule has 1 saturated heterocycles. The Bertz CT molecular complexity index is 719. The number of amides is 1. The summed E-state index contributed by atoms with van der Waals surface area (Å²) in [6.45, 7) is 2.26. The lowest BCUT2D eigenvalue weighted by Gasteiger charge is -2.14. The minimum Gasteiger partial charge on any atom is -0.378 e. The van der Waals surface area contributed by atoms with Gasteiger partial charge in [0.25, 0.3) is 0 Å². The third kappa shape index (κ3) is 5.16. The van der Waals surface area contributed by atoms with Crippen LogP contribution in [-0.2, 0) is 22.6 Å². The second-order valence-electron chi connectivity index (χ2n) is 7.21. The molecule has 1 N–H and O–H groups in total. The molecule has 0 aromatic heterocycles. The van der Waals surface area contributed by atoms with Gasteiger partial charge in [0.1, 0.15) is 0 Å². The normalized spacial score (nSPS) is 16.8. The molecule has 4 heteroatoms. The number of hydrogen-bond acceptors (Lipinski definition) is 3. The Kier molecular flexibility index (Phi) is 6.42. The maximum absolute atomic E-state index is 12.2. The molecule has 1 aliphatic heterocycles. The third-order valence-electron chi connectivity index (χ3n) is 4.69.